The van der Waals surface area contributed by atoms with E-state index in [1.807, 2.05) is 25.9 Å². The molecule has 5 nitrogen and oxygen atoms in total. The molecule has 0 aliphatic carbocycles. The predicted molar refractivity (Wildman–Crippen MR) is 92.4 cm³/mol. The first-order chi connectivity index (χ1) is 9.76. The lowest BCUT2D eigenvalue weighted by molar-refractivity contribution is 0.370. The molecule has 1 rings (SSSR count). The molecule has 1 atom stereocenters. The number of likely N-dealkylation sites (N-methyl/N-ethyl adjacent to an activating group) is 1. The molecule has 0 saturated carbocycles. The Morgan fingerprint density at radius 2 is 2.10 bits per heavy atom. The van der Waals surface area contributed by atoms with Crippen LogP contribution < -0.4 is 10.0 Å². The number of halogens is 1. The highest BCUT2D eigenvalue weighted by Crippen LogP contribution is 2.31. The fourth-order valence-corrected chi connectivity index (χ4v) is 5.86. The van der Waals surface area contributed by atoms with Crippen LogP contribution in [0.5, 0.6) is 0 Å². The van der Waals surface area contributed by atoms with Crippen LogP contribution in [-0.2, 0) is 16.6 Å². The van der Waals surface area contributed by atoms with Gasteiger partial charge in [0.1, 0.15) is 4.90 Å². The summed E-state index contributed by atoms with van der Waals surface area (Å²) in [7, 11) is 0.352. The van der Waals surface area contributed by atoms with Gasteiger partial charge in [0.25, 0.3) is 0 Å². The second kappa shape index (κ2) is 8.59. The molecule has 0 aliphatic rings. The zero-order chi connectivity index (χ0) is 16.0. The summed E-state index contributed by atoms with van der Waals surface area (Å²) in [4.78, 5) is 3.29. The van der Waals surface area contributed by atoms with Crippen molar-refractivity contribution in [2.24, 2.45) is 0 Å². The molecule has 0 spiro atoms. The average Bonchev–Trinajstić information content (AvgIpc) is 2.69. The lowest BCUT2D eigenvalue weighted by Crippen LogP contribution is -2.39. The van der Waals surface area contributed by atoms with Crippen molar-refractivity contribution in [1.82, 2.24) is 14.9 Å². The summed E-state index contributed by atoms with van der Waals surface area (Å²) in [6.07, 6.45) is 1.06. The number of rotatable bonds is 9. The zero-order valence-corrected chi connectivity index (χ0v) is 16.2. The third-order valence-corrected chi connectivity index (χ3v) is 6.56. The van der Waals surface area contributed by atoms with E-state index in [4.69, 9.17) is 0 Å². The van der Waals surface area contributed by atoms with Crippen molar-refractivity contribution >= 4 is 37.3 Å². The number of nitrogens with zero attached hydrogens (tertiary/aromatic N) is 1. The van der Waals surface area contributed by atoms with Gasteiger partial charge in [-0.2, -0.15) is 0 Å². The van der Waals surface area contributed by atoms with Gasteiger partial charge in [0.15, 0.2) is 0 Å². The molecule has 1 aromatic rings. The van der Waals surface area contributed by atoms with Gasteiger partial charge in [0.05, 0.1) is 3.79 Å². The van der Waals surface area contributed by atoms with Crippen molar-refractivity contribution in [3.63, 3.8) is 0 Å². The molecule has 0 aromatic carbocycles. The highest BCUT2D eigenvalue weighted by atomic mass is 79.9. The molecule has 122 valence electrons. The van der Waals surface area contributed by atoms with Crippen LogP contribution >= 0.6 is 27.3 Å². The van der Waals surface area contributed by atoms with Crippen LogP contribution in [-0.4, -0.2) is 46.5 Å². The Balaban J connectivity index is 2.78. The van der Waals surface area contributed by atoms with Crippen molar-refractivity contribution in [3.8, 4) is 0 Å². The lowest BCUT2D eigenvalue weighted by atomic mass is 10.3. The van der Waals surface area contributed by atoms with E-state index in [1.165, 1.54) is 11.3 Å². The van der Waals surface area contributed by atoms with Gasteiger partial charge in [-0.05, 0) is 56.0 Å². The first kappa shape index (κ1) is 19.1. The molecular formula is C13H24BrN3O2S2. The summed E-state index contributed by atoms with van der Waals surface area (Å²) in [5.41, 5.74) is 0. The minimum Gasteiger partial charge on any atom is -0.312 e. The predicted octanol–water partition coefficient (Wildman–Crippen LogP) is 2.24. The van der Waals surface area contributed by atoms with Crippen molar-refractivity contribution < 1.29 is 8.42 Å². The molecule has 0 radical (unpaired) electrons. The van der Waals surface area contributed by atoms with Crippen LogP contribution in [0.3, 0.4) is 0 Å². The summed E-state index contributed by atoms with van der Waals surface area (Å²) < 4.78 is 28.2. The zero-order valence-electron chi connectivity index (χ0n) is 12.9. The van der Waals surface area contributed by atoms with Gasteiger partial charge in [0, 0.05) is 24.0 Å². The molecule has 0 aliphatic heterocycles. The van der Waals surface area contributed by atoms with Crippen LogP contribution in [0.4, 0.5) is 0 Å². The molecule has 0 saturated heterocycles. The normalized spacial score (nSPS) is 13.8. The quantitative estimate of drug-likeness (QED) is 0.627. The SMILES string of the molecule is CCCNCc1cc(S(=O)(=O)NC(C)CN(C)C)c(Br)s1. The van der Waals surface area contributed by atoms with Crippen molar-refractivity contribution in [2.75, 3.05) is 27.2 Å². The first-order valence-corrected chi connectivity index (χ1v) is 10.0. The number of thiophene rings is 1. The van der Waals surface area contributed by atoms with Crippen molar-refractivity contribution in [3.05, 3.63) is 14.7 Å². The molecule has 8 heteroatoms. The summed E-state index contributed by atoms with van der Waals surface area (Å²) >= 11 is 4.82. The number of hydrogen-bond donors (Lipinski definition) is 2. The summed E-state index contributed by atoms with van der Waals surface area (Å²) in [6.45, 7) is 6.24. The summed E-state index contributed by atoms with van der Waals surface area (Å²) in [6, 6.07) is 1.60. The number of hydrogen-bond acceptors (Lipinski definition) is 5. The van der Waals surface area contributed by atoms with Gasteiger partial charge in [-0.1, -0.05) is 6.92 Å². The van der Waals surface area contributed by atoms with E-state index in [0.29, 0.717) is 21.8 Å². The van der Waals surface area contributed by atoms with Gasteiger partial charge in [-0.25, -0.2) is 13.1 Å². The van der Waals surface area contributed by atoms with Crippen molar-refractivity contribution in [2.45, 2.75) is 37.8 Å². The van der Waals surface area contributed by atoms with Crippen molar-refractivity contribution in [1.29, 1.82) is 0 Å². The topological polar surface area (TPSA) is 61.4 Å². The van der Waals surface area contributed by atoms with E-state index >= 15 is 0 Å². The Labute approximate surface area is 140 Å². The van der Waals surface area contributed by atoms with E-state index in [1.54, 1.807) is 6.07 Å². The Morgan fingerprint density at radius 1 is 1.43 bits per heavy atom. The van der Waals surface area contributed by atoms with Gasteiger partial charge in [0.2, 0.25) is 10.0 Å². The van der Waals surface area contributed by atoms with Crippen LogP contribution in [0.15, 0.2) is 14.7 Å². The molecule has 0 amide bonds. The van der Waals surface area contributed by atoms with Gasteiger partial charge >= 0.3 is 0 Å². The second-order valence-corrected chi connectivity index (χ2v) is 9.45. The molecule has 0 fully saturated rings. The smallest absolute Gasteiger partial charge is 0.242 e. The Bertz CT molecular complexity index is 544. The number of sulfonamides is 1. The van der Waals surface area contributed by atoms with Crippen LogP contribution in [0.1, 0.15) is 25.1 Å². The van der Waals surface area contributed by atoms with Gasteiger partial charge < -0.3 is 10.2 Å². The molecule has 2 N–H and O–H groups in total. The first-order valence-electron chi connectivity index (χ1n) is 6.92. The van der Waals surface area contributed by atoms with Crippen LogP contribution in [0.2, 0.25) is 0 Å². The summed E-state index contributed by atoms with van der Waals surface area (Å²) in [5, 5.41) is 3.28. The van der Waals surface area contributed by atoms with Crippen LogP contribution in [0, 0.1) is 0 Å². The molecule has 1 heterocycles. The molecule has 21 heavy (non-hydrogen) atoms. The molecular weight excluding hydrogens is 374 g/mol. The van der Waals surface area contributed by atoms with Gasteiger partial charge in [-0.3, -0.25) is 0 Å². The van der Waals surface area contributed by atoms with E-state index in [2.05, 4.69) is 32.9 Å². The average molecular weight is 398 g/mol. The molecule has 1 unspecified atom stereocenters. The molecule has 1 aromatic heterocycles. The van der Waals surface area contributed by atoms with E-state index in [9.17, 15) is 8.42 Å². The fourth-order valence-electron chi connectivity index (χ4n) is 1.97. The van der Waals surface area contributed by atoms with E-state index in [-0.39, 0.29) is 6.04 Å². The second-order valence-electron chi connectivity index (χ2n) is 5.31. The standard InChI is InChI=1S/C13H24BrN3O2S2/c1-5-6-15-8-11-7-12(13(14)20-11)21(18,19)16-10(2)9-17(3)4/h7,10,15-16H,5-6,8-9H2,1-4H3. The Hall–Kier alpha value is 0.01000. The lowest BCUT2D eigenvalue weighted by Gasteiger charge is -2.18. The highest BCUT2D eigenvalue weighted by Gasteiger charge is 2.23. The van der Waals surface area contributed by atoms with E-state index < -0.39 is 10.0 Å². The maximum atomic E-state index is 12.4. The third kappa shape index (κ3) is 6.33. The third-order valence-electron chi connectivity index (χ3n) is 2.72. The Morgan fingerprint density at radius 3 is 2.67 bits per heavy atom. The maximum absolute atomic E-state index is 12.4. The monoisotopic (exact) mass is 397 g/mol. The highest BCUT2D eigenvalue weighted by molar-refractivity contribution is 9.11. The Kier molecular flexibility index (Phi) is 7.80. The van der Waals surface area contributed by atoms with Gasteiger partial charge in [-0.15, -0.1) is 11.3 Å². The van der Waals surface area contributed by atoms with E-state index in [0.717, 1.165) is 17.8 Å². The maximum Gasteiger partial charge on any atom is 0.242 e. The minimum atomic E-state index is -3.49. The number of nitrogens with one attached hydrogen (secondary N) is 2. The fraction of sp³-hybridized carbons (Fsp3) is 0.692. The summed E-state index contributed by atoms with van der Waals surface area (Å²) in [5.74, 6) is 0. The molecule has 0 bridgehead atoms. The minimum absolute atomic E-state index is 0.140. The van der Waals surface area contributed by atoms with Crippen LogP contribution in [0.25, 0.3) is 0 Å². The largest absolute Gasteiger partial charge is 0.312 e.